The summed E-state index contributed by atoms with van der Waals surface area (Å²) >= 11 is 0. The van der Waals surface area contributed by atoms with E-state index in [2.05, 4.69) is 0 Å². The van der Waals surface area contributed by atoms with Gasteiger partial charge in [-0.25, -0.2) is 0 Å². The summed E-state index contributed by atoms with van der Waals surface area (Å²) in [6.07, 6.45) is -5.22. The first-order valence-electron chi connectivity index (χ1n) is 3.78. The molecule has 0 heterocycles. The van der Waals surface area contributed by atoms with E-state index < -0.39 is 37.3 Å². The van der Waals surface area contributed by atoms with Crippen LogP contribution >= 0.6 is 0 Å². The Labute approximate surface area is 80.9 Å². The Kier molecular flexibility index (Phi) is 10.2. The van der Waals surface area contributed by atoms with Gasteiger partial charge in [-0.05, 0) is 0 Å². The van der Waals surface area contributed by atoms with Crippen LogP contribution < -0.4 is 0 Å². The zero-order valence-corrected chi connectivity index (χ0v) is 7.74. The van der Waals surface area contributed by atoms with E-state index in [0.29, 0.717) is 0 Å². The highest BCUT2D eigenvalue weighted by Gasteiger charge is 2.28. The van der Waals surface area contributed by atoms with Gasteiger partial charge >= 0.3 is 0 Å². The lowest BCUT2D eigenvalue weighted by Crippen LogP contribution is -2.44. The van der Waals surface area contributed by atoms with Gasteiger partial charge in [0.2, 0.25) is 0 Å². The molecular weight excluding hydrogens is 196 g/mol. The van der Waals surface area contributed by atoms with E-state index in [9.17, 15) is 4.79 Å². The molecule has 0 aromatic carbocycles. The number of rotatable bonds is 5. The topological polar surface area (TPSA) is 138 Å². The standard InChI is InChI=1S/C6H12O6.CH4O/c7-1-3(9)5(11)6(12)4(10)2-8;1-2/h3,5-9,11-12H,1-2H2;2H,1H3/t3-,5+,6+;/m1./s1. The average Bonchev–Trinajstić information content (AvgIpc) is 2.27. The minimum absolute atomic E-state index is 0.767. The van der Waals surface area contributed by atoms with Crippen LogP contribution in [0.15, 0.2) is 0 Å². The maximum Gasteiger partial charge on any atom is 0.189 e. The van der Waals surface area contributed by atoms with E-state index in [0.717, 1.165) is 7.11 Å². The van der Waals surface area contributed by atoms with Crippen LogP contribution in [-0.4, -0.2) is 75.1 Å². The SMILES string of the molecule is CO.O=C(CO)[C@H](O)[C@@H](O)[C@H](O)CO. The minimum atomic E-state index is -1.86. The third-order valence-electron chi connectivity index (χ3n) is 1.39. The fourth-order valence-corrected chi connectivity index (χ4v) is 0.602. The van der Waals surface area contributed by atoms with Crippen molar-refractivity contribution in [2.45, 2.75) is 18.3 Å². The van der Waals surface area contributed by atoms with E-state index >= 15 is 0 Å². The van der Waals surface area contributed by atoms with Gasteiger partial charge in [-0.3, -0.25) is 4.79 Å². The summed E-state index contributed by atoms with van der Waals surface area (Å²) in [6.45, 7) is -1.69. The maximum absolute atomic E-state index is 10.5. The Morgan fingerprint density at radius 2 is 1.57 bits per heavy atom. The monoisotopic (exact) mass is 212 g/mol. The number of carbonyl (C=O) groups is 1. The highest BCUT2D eigenvalue weighted by atomic mass is 16.4. The normalized spacial score (nSPS) is 16.2. The molecule has 3 atom stereocenters. The summed E-state index contributed by atoms with van der Waals surface area (Å²) in [6, 6.07) is 0. The van der Waals surface area contributed by atoms with E-state index in [4.69, 9.17) is 30.6 Å². The summed E-state index contributed by atoms with van der Waals surface area (Å²) in [5.74, 6) is -1.00. The van der Waals surface area contributed by atoms with Gasteiger partial charge in [-0.1, -0.05) is 0 Å². The molecule has 0 aromatic heterocycles. The maximum atomic E-state index is 10.5. The van der Waals surface area contributed by atoms with Gasteiger partial charge in [0.25, 0.3) is 0 Å². The van der Waals surface area contributed by atoms with Crippen molar-refractivity contribution in [2.75, 3.05) is 20.3 Å². The number of Topliss-reactive ketones (excluding diaryl/α,β-unsaturated/α-hetero) is 1. The molecule has 0 saturated heterocycles. The molecule has 0 aliphatic rings. The van der Waals surface area contributed by atoms with Crippen molar-refractivity contribution in [2.24, 2.45) is 0 Å². The number of aliphatic hydroxyl groups excluding tert-OH is 6. The number of carbonyl (C=O) groups excluding carboxylic acids is 1. The molecule has 0 amide bonds. The molecular formula is C7H16O7. The number of aliphatic hydroxyl groups is 6. The Hall–Kier alpha value is -0.570. The summed E-state index contributed by atoms with van der Waals surface area (Å²) in [5.41, 5.74) is 0. The fraction of sp³-hybridized carbons (Fsp3) is 0.857. The molecule has 0 radical (unpaired) electrons. The molecule has 0 rings (SSSR count). The zero-order chi connectivity index (χ0) is 11.7. The lowest BCUT2D eigenvalue weighted by Gasteiger charge is -2.19. The van der Waals surface area contributed by atoms with Crippen molar-refractivity contribution >= 4 is 5.78 Å². The molecule has 86 valence electrons. The molecule has 0 aliphatic carbocycles. The molecule has 14 heavy (non-hydrogen) atoms. The van der Waals surface area contributed by atoms with Gasteiger partial charge < -0.3 is 30.6 Å². The highest BCUT2D eigenvalue weighted by molar-refractivity contribution is 5.84. The van der Waals surface area contributed by atoms with Crippen LogP contribution in [0.2, 0.25) is 0 Å². The second-order valence-electron chi connectivity index (χ2n) is 2.31. The third-order valence-corrected chi connectivity index (χ3v) is 1.39. The Bertz CT molecular complexity index is 149. The zero-order valence-electron chi connectivity index (χ0n) is 7.74. The van der Waals surface area contributed by atoms with Gasteiger partial charge in [-0.15, -0.1) is 0 Å². The van der Waals surface area contributed by atoms with Crippen molar-refractivity contribution in [1.82, 2.24) is 0 Å². The second kappa shape index (κ2) is 9.00. The van der Waals surface area contributed by atoms with E-state index in [1.165, 1.54) is 0 Å². The van der Waals surface area contributed by atoms with Crippen LogP contribution in [0.5, 0.6) is 0 Å². The summed E-state index contributed by atoms with van der Waals surface area (Å²) in [7, 11) is 1.00. The first kappa shape index (κ1) is 15.9. The largest absolute Gasteiger partial charge is 0.400 e. The molecule has 0 saturated carbocycles. The van der Waals surface area contributed by atoms with Crippen molar-refractivity contribution in [3.63, 3.8) is 0 Å². The number of ketones is 1. The van der Waals surface area contributed by atoms with Crippen LogP contribution in [0.4, 0.5) is 0 Å². The smallest absolute Gasteiger partial charge is 0.189 e. The quantitative estimate of drug-likeness (QED) is 0.275. The van der Waals surface area contributed by atoms with Crippen molar-refractivity contribution in [3.8, 4) is 0 Å². The molecule has 0 aromatic rings. The molecule has 0 unspecified atom stereocenters. The molecule has 7 heteroatoms. The van der Waals surface area contributed by atoms with E-state index in [1.807, 2.05) is 0 Å². The van der Waals surface area contributed by atoms with Crippen molar-refractivity contribution in [3.05, 3.63) is 0 Å². The molecule has 0 bridgehead atoms. The predicted octanol–water partition coefficient (Wildman–Crippen LogP) is -3.77. The predicted molar refractivity (Wildman–Crippen MR) is 45.3 cm³/mol. The number of hydrogen-bond donors (Lipinski definition) is 6. The summed E-state index contributed by atoms with van der Waals surface area (Å²) in [5, 5.41) is 50.1. The first-order valence-corrected chi connectivity index (χ1v) is 3.78. The van der Waals surface area contributed by atoms with Gasteiger partial charge in [0.15, 0.2) is 5.78 Å². The van der Waals surface area contributed by atoms with Crippen molar-refractivity contribution in [1.29, 1.82) is 0 Å². The van der Waals surface area contributed by atoms with Crippen LogP contribution in [0, 0.1) is 0 Å². The molecule has 6 N–H and O–H groups in total. The lowest BCUT2D eigenvalue weighted by molar-refractivity contribution is -0.142. The second-order valence-corrected chi connectivity index (χ2v) is 2.31. The third kappa shape index (κ3) is 5.22. The molecule has 0 fully saturated rings. The average molecular weight is 212 g/mol. The molecule has 0 spiro atoms. The number of hydrogen-bond acceptors (Lipinski definition) is 7. The minimum Gasteiger partial charge on any atom is -0.400 e. The summed E-state index contributed by atoms with van der Waals surface area (Å²) in [4.78, 5) is 10.5. The highest BCUT2D eigenvalue weighted by Crippen LogP contribution is 2.00. The molecule has 0 aliphatic heterocycles. The first-order chi connectivity index (χ1) is 6.54. The van der Waals surface area contributed by atoms with Gasteiger partial charge in [0.05, 0.1) is 6.61 Å². The van der Waals surface area contributed by atoms with E-state index in [1.54, 1.807) is 0 Å². The van der Waals surface area contributed by atoms with Crippen LogP contribution in [0.1, 0.15) is 0 Å². The van der Waals surface area contributed by atoms with E-state index in [-0.39, 0.29) is 0 Å². The summed E-state index contributed by atoms with van der Waals surface area (Å²) < 4.78 is 0. The van der Waals surface area contributed by atoms with Crippen LogP contribution in [-0.2, 0) is 4.79 Å². The van der Waals surface area contributed by atoms with Crippen LogP contribution in [0.25, 0.3) is 0 Å². The Morgan fingerprint density at radius 3 is 1.86 bits per heavy atom. The lowest BCUT2D eigenvalue weighted by atomic mass is 10.1. The van der Waals surface area contributed by atoms with Gasteiger partial charge in [-0.2, -0.15) is 0 Å². The van der Waals surface area contributed by atoms with Gasteiger partial charge in [0, 0.05) is 7.11 Å². The van der Waals surface area contributed by atoms with Crippen molar-refractivity contribution < 1.29 is 35.4 Å². The van der Waals surface area contributed by atoms with Crippen LogP contribution in [0.3, 0.4) is 0 Å². The Morgan fingerprint density at radius 1 is 1.14 bits per heavy atom. The van der Waals surface area contributed by atoms with Gasteiger partial charge in [0.1, 0.15) is 24.9 Å². The molecule has 7 nitrogen and oxygen atoms in total. The Balaban J connectivity index is 0. The fourth-order valence-electron chi connectivity index (χ4n) is 0.602.